The molecular weight excluding hydrogens is 302 g/mol. The van der Waals surface area contributed by atoms with Crippen LogP contribution in [0.4, 0.5) is 0 Å². The summed E-state index contributed by atoms with van der Waals surface area (Å²) in [6.07, 6.45) is 6.35. The zero-order chi connectivity index (χ0) is 13.7. The van der Waals surface area contributed by atoms with Gasteiger partial charge in [0.1, 0.15) is 5.75 Å². The van der Waals surface area contributed by atoms with E-state index < -0.39 is 0 Å². The molecule has 1 fully saturated rings. The summed E-state index contributed by atoms with van der Waals surface area (Å²) >= 11 is 3.64. The largest absolute Gasteiger partial charge is 0.497 e. The Labute approximate surface area is 125 Å². The summed E-state index contributed by atoms with van der Waals surface area (Å²) in [5.74, 6) is 1.86. The van der Waals surface area contributed by atoms with Crippen LogP contribution in [0.5, 0.6) is 5.75 Å². The predicted octanol–water partition coefficient (Wildman–Crippen LogP) is 4.17. The van der Waals surface area contributed by atoms with Crippen LogP contribution in [0.1, 0.15) is 38.2 Å². The van der Waals surface area contributed by atoms with Crippen molar-refractivity contribution in [3.05, 3.63) is 28.2 Å². The van der Waals surface area contributed by atoms with E-state index in [9.17, 15) is 0 Å². The van der Waals surface area contributed by atoms with Crippen molar-refractivity contribution in [2.45, 2.75) is 45.1 Å². The smallest absolute Gasteiger partial charge is 0.119 e. The first kappa shape index (κ1) is 14.9. The number of benzene rings is 1. The fourth-order valence-electron chi connectivity index (χ4n) is 2.51. The molecule has 1 aliphatic carbocycles. The lowest BCUT2D eigenvalue weighted by Crippen LogP contribution is -2.32. The summed E-state index contributed by atoms with van der Waals surface area (Å²) in [5, 5.41) is 3.70. The van der Waals surface area contributed by atoms with E-state index in [4.69, 9.17) is 4.74 Å². The molecule has 19 heavy (non-hydrogen) atoms. The van der Waals surface area contributed by atoms with Crippen LogP contribution < -0.4 is 10.1 Å². The van der Waals surface area contributed by atoms with E-state index in [1.165, 1.54) is 35.7 Å². The molecule has 0 spiro atoms. The third kappa shape index (κ3) is 4.50. The second-order valence-corrected chi connectivity index (χ2v) is 6.25. The van der Waals surface area contributed by atoms with Gasteiger partial charge in [-0.3, -0.25) is 0 Å². The molecule has 2 rings (SSSR count). The fraction of sp³-hybridized carbons (Fsp3) is 0.625. The SMILES string of the molecule is CCCNC(CCc1cc(OC)ccc1Br)C1CC1. The van der Waals surface area contributed by atoms with Gasteiger partial charge in [-0.1, -0.05) is 22.9 Å². The van der Waals surface area contributed by atoms with Gasteiger partial charge in [-0.15, -0.1) is 0 Å². The molecule has 1 unspecified atom stereocenters. The van der Waals surface area contributed by atoms with Crippen molar-refractivity contribution < 1.29 is 4.74 Å². The van der Waals surface area contributed by atoms with Gasteiger partial charge in [0.2, 0.25) is 0 Å². The molecule has 1 aromatic rings. The maximum absolute atomic E-state index is 5.30. The molecule has 1 N–H and O–H groups in total. The highest BCUT2D eigenvalue weighted by Gasteiger charge is 2.30. The summed E-state index contributed by atoms with van der Waals surface area (Å²) in [7, 11) is 1.73. The van der Waals surface area contributed by atoms with Gasteiger partial charge in [0, 0.05) is 10.5 Å². The molecule has 0 radical (unpaired) electrons. The lowest BCUT2D eigenvalue weighted by molar-refractivity contribution is 0.412. The van der Waals surface area contributed by atoms with Crippen molar-refractivity contribution in [3.8, 4) is 5.75 Å². The number of hydrogen-bond donors (Lipinski definition) is 1. The van der Waals surface area contributed by atoms with Gasteiger partial charge < -0.3 is 10.1 Å². The number of halogens is 1. The van der Waals surface area contributed by atoms with Gasteiger partial charge in [-0.05, 0) is 68.3 Å². The molecule has 0 heterocycles. The third-order valence-electron chi connectivity index (χ3n) is 3.83. The molecule has 106 valence electrons. The minimum absolute atomic E-state index is 0.693. The lowest BCUT2D eigenvalue weighted by atomic mass is 10.0. The van der Waals surface area contributed by atoms with Gasteiger partial charge in [0.25, 0.3) is 0 Å². The molecule has 1 aliphatic rings. The van der Waals surface area contributed by atoms with Crippen LogP contribution >= 0.6 is 15.9 Å². The summed E-state index contributed by atoms with van der Waals surface area (Å²) in [6.45, 7) is 3.37. The third-order valence-corrected chi connectivity index (χ3v) is 4.60. The van der Waals surface area contributed by atoms with Gasteiger partial charge in [0.15, 0.2) is 0 Å². The Morgan fingerprint density at radius 1 is 1.42 bits per heavy atom. The Hall–Kier alpha value is -0.540. The Morgan fingerprint density at radius 3 is 2.84 bits per heavy atom. The van der Waals surface area contributed by atoms with Gasteiger partial charge in [-0.25, -0.2) is 0 Å². The Morgan fingerprint density at radius 2 is 2.21 bits per heavy atom. The topological polar surface area (TPSA) is 21.3 Å². The average Bonchev–Trinajstić information content (AvgIpc) is 3.25. The van der Waals surface area contributed by atoms with Crippen LogP contribution in [-0.2, 0) is 6.42 Å². The first-order chi connectivity index (χ1) is 9.24. The van der Waals surface area contributed by atoms with E-state index in [1.807, 2.05) is 6.07 Å². The first-order valence-corrected chi connectivity index (χ1v) is 8.09. The molecule has 3 heteroatoms. The molecule has 2 nitrogen and oxygen atoms in total. The van der Waals surface area contributed by atoms with Gasteiger partial charge >= 0.3 is 0 Å². The van der Waals surface area contributed by atoms with Gasteiger partial charge in [-0.2, -0.15) is 0 Å². The van der Waals surface area contributed by atoms with Crippen LogP contribution in [-0.4, -0.2) is 19.7 Å². The van der Waals surface area contributed by atoms with Gasteiger partial charge in [0.05, 0.1) is 7.11 Å². The highest BCUT2D eigenvalue weighted by molar-refractivity contribution is 9.10. The number of ether oxygens (including phenoxy) is 1. The number of hydrogen-bond acceptors (Lipinski definition) is 2. The maximum Gasteiger partial charge on any atom is 0.119 e. The molecule has 1 atom stereocenters. The predicted molar refractivity (Wildman–Crippen MR) is 83.8 cm³/mol. The highest BCUT2D eigenvalue weighted by Crippen LogP contribution is 2.35. The molecule has 0 amide bonds. The molecule has 1 saturated carbocycles. The van der Waals surface area contributed by atoms with Crippen molar-refractivity contribution >= 4 is 15.9 Å². The van der Waals surface area contributed by atoms with E-state index in [1.54, 1.807) is 7.11 Å². The summed E-state index contributed by atoms with van der Waals surface area (Å²) < 4.78 is 6.50. The lowest BCUT2D eigenvalue weighted by Gasteiger charge is -2.18. The number of rotatable bonds is 8. The van der Waals surface area contributed by atoms with Crippen molar-refractivity contribution in [1.29, 1.82) is 0 Å². The van der Waals surface area contributed by atoms with Crippen LogP contribution in [0.25, 0.3) is 0 Å². The van der Waals surface area contributed by atoms with E-state index in [2.05, 4.69) is 40.3 Å². The normalized spacial score (nSPS) is 16.4. The standard InChI is InChI=1S/C16H24BrNO/c1-3-10-18-16(12-4-5-12)9-6-13-11-14(19-2)7-8-15(13)17/h7-8,11-12,16,18H,3-6,9-10H2,1-2H3. The minimum atomic E-state index is 0.693. The Kier molecular flexibility index (Phi) is 5.71. The van der Waals surface area contributed by atoms with E-state index in [0.717, 1.165) is 24.6 Å². The Bertz CT molecular complexity index is 404. The number of aryl methyl sites for hydroxylation is 1. The first-order valence-electron chi connectivity index (χ1n) is 7.30. The summed E-state index contributed by atoms with van der Waals surface area (Å²) in [5.41, 5.74) is 1.35. The molecule has 0 bridgehead atoms. The van der Waals surface area contributed by atoms with Crippen LogP contribution in [0.3, 0.4) is 0 Å². The Balaban J connectivity index is 1.92. The van der Waals surface area contributed by atoms with Crippen molar-refractivity contribution in [2.75, 3.05) is 13.7 Å². The van der Waals surface area contributed by atoms with E-state index in [0.29, 0.717) is 6.04 Å². The quantitative estimate of drug-likeness (QED) is 0.774. The second-order valence-electron chi connectivity index (χ2n) is 5.39. The van der Waals surface area contributed by atoms with Crippen molar-refractivity contribution in [3.63, 3.8) is 0 Å². The minimum Gasteiger partial charge on any atom is -0.497 e. The zero-order valence-electron chi connectivity index (χ0n) is 11.9. The zero-order valence-corrected chi connectivity index (χ0v) is 13.5. The van der Waals surface area contributed by atoms with E-state index >= 15 is 0 Å². The fourth-order valence-corrected chi connectivity index (χ4v) is 2.96. The molecule has 0 aromatic heterocycles. The van der Waals surface area contributed by atoms with Crippen LogP contribution in [0, 0.1) is 5.92 Å². The number of methoxy groups -OCH3 is 1. The monoisotopic (exact) mass is 325 g/mol. The summed E-state index contributed by atoms with van der Waals surface area (Å²) in [4.78, 5) is 0. The van der Waals surface area contributed by atoms with Crippen LogP contribution in [0.15, 0.2) is 22.7 Å². The van der Waals surface area contributed by atoms with Crippen LogP contribution in [0.2, 0.25) is 0 Å². The molecular formula is C16H24BrNO. The number of nitrogens with one attached hydrogen (secondary N) is 1. The maximum atomic E-state index is 5.30. The van der Waals surface area contributed by atoms with E-state index in [-0.39, 0.29) is 0 Å². The molecule has 1 aromatic carbocycles. The highest BCUT2D eigenvalue weighted by atomic mass is 79.9. The molecule has 0 aliphatic heterocycles. The molecule has 0 saturated heterocycles. The summed E-state index contributed by atoms with van der Waals surface area (Å²) in [6, 6.07) is 6.92. The van der Waals surface area contributed by atoms with Crippen molar-refractivity contribution in [2.24, 2.45) is 5.92 Å². The second kappa shape index (κ2) is 7.30. The average molecular weight is 326 g/mol. The van der Waals surface area contributed by atoms with Crippen molar-refractivity contribution in [1.82, 2.24) is 5.32 Å².